The molecule has 0 spiro atoms. The van der Waals surface area contributed by atoms with Crippen molar-refractivity contribution >= 4 is 50.7 Å². The quantitative estimate of drug-likeness (QED) is 0.250. The molecule has 10 heteroatoms. The van der Waals surface area contributed by atoms with Crippen LogP contribution in [-0.2, 0) is 32.6 Å². The fourth-order valence-electron chi connectivity index (χ4n) is 4.67. The van der Waals surface area contributed by atoms with E-state index in [1.54, 1.807) is 35.2 Å². The van der Waals surface area contributed by atoms with Crippen LogP contribution >= 0.6 is 23.2 Å². The number of amides is 2. The minimum atomic E-state index is -3.59. The number of anilines is 1. The number of hydrogen-bond acceptors (Lipinski definition) is 4. The smallest absolute Gasteiger partial charge is 0.243 e. The van der Waals surface area contributed by atoms with Crippen molar-refractivity contribution in [3.63, 3.8) is 0 Å². The Morgan fingerprint density at radius 2 is 1.60 bits per heavy atom. The number of rotatable bonds is 12. The number of benzene rings is 3. The molecule has 0 radical (unpaired) electrons. The molecule has 0 bridgehead atoms. The minimum Gasteiger partial charge on any atom is -0.350 e. The SMILES string of the molecule is Cc1ccccc1N(CCCC(=O)N(Cc1ccc(Cl)cc1Cl)[C@H](Cc1ccccc1)C(=O)NC(C)(C)C)S(C)(=O)=O. The van der Waals surface area contributed by atoms with Gasteiger partial charge >= 0.3 is 0 Å². The number of nitrogens with zero attached hydrogens (tertiary/aromatic N) is 2. The van der Waals surface area contributed by atoms with Crippen molar-refractivity contribution in [3.05, 3.63) is 99.5 Å². The number of halogens is 2. The zero-order chi connectivity index (χ0) is 31.1. The van der Waals surface area contributed by atoms with E-state index in [0.717, 1.165) is 17.4 Å². The minimum absolute atomic E-state index is 0.0250. The molecule has 0 unspecified atom stereocenters. The van der Waals surface area contributed by atoms with Crippen LogP contribution < -0.4 is 9.62 Å². The van der Waals surface area contributed by atoms with Gasteiger partial charge in [0, 0.05) is 41.5 Å². The Kier molecular flexibility index (Phi) is 11.5. The van der Waals surface area contributed by atoms with E-state index in [0.29, 0.717) is 27.7 Å². The van der Waals surface area contributed by atoms with Crippen LogP contribution in [0, 0.1) is 6.92 Å². The van der Waals surface area contributed by atoms with Crippen LogP contribution in [0.4, 0.5) is 5.69 Å². The normalized spacial score (nSPS) is 12.5. The van der Waals surface area contributed by atoms with Gasteiger partial charge < -0.3 is 10.2 Å². The Morgan fingerprint density at radius 3 is 2.19 bits per heavy atom. The molecule has 226 valence electrons. The highest BCUT2D eigenvalue weighted by atomic mass is 35.5. The van der Waals surface area contributed by atoms with E-state index in [4.69, 9.17) is 23.2 Å². The average Bonchev–Trinajstić information content (AvgIpc) is 2.89. The molecule has 2 amide bonds. The second kappa shape index (κ2) is 14.4. The number of para-hydroxylation sites is 1. The highest BCUT2D eigenvalue weighted by Gasteiger charge is 2.32. The first-order valence-corrected chi connectivity index (χ1v) is 16.4. The highest BCUT2D eigenvalue weighted by Crippen LogP contribution is 2.26. The standard InChI is InChI=1S/C32H39Cl2N3O4S/c1-23-12-9-10-15-28(23)37(42(5,40)41)19-11-16-30(38)36(22-25-17-18-26(33)21-27(25)34)29(31(39)35-32(2,3)4)20-24-13-7-6-8-14-24/h6-10,12-15,17-18,21,29H,11,16,19-20,22H2,1-5H3,(H,35,39)/t29-/m1/s1. The van der Waals surface area contributed by atoms with Gasteiger partial charge in [-0.25, -0.2) is 8.42 Å². The molecular formula is C32H39Cl2N3O4S. The van der Waals surface area contributed by atoms with E-state index in [1.165, 1.54) is 4.31 Å². The van der Waals surface area contributed by atoms with Crippen molar-refractivity contribution in [2.45, 2.75) is 65.1 Å². The van der Waals surface area contributed by atoms with Crippen molar-refractivity contribution in [1.82, 2.24) is 10.2 Å². The predicted molar refractivity (Wildman–Crippen MR) is 171 cm³/mol. The third kappa shape index (κ3) is 9.75. The molecule has 42 heavy (non-hydrogen) atoms. The topological polar surface area (TPSA) is 86.8 Å². The van der Waals surface area contributed by atoms with Gasteiger partial charge in [0.1, 0.15) is 6.04 Å². The first-order valence-electron chi connectivity index (χ1n) is 13.8. The lowest BCUT2D eigenvalue weighted by atomic mass is 10.00. The molecule has 3 aromatic carbocycles. The van der Waals surface area contributed by atoms with E-state index in [2.05, 4.69) is 5.32 Å². The molecule has 0 aliphatic rings. The lowest BCUT2D eigenvalue weighted by Gasteiger charge is -2.34. The zero-order valence-electron chi connectivity index (χ0n) is 24.7. The summed E-state index contributed by atoms with van der Waals surface area (Å²) in [5.41, 5.74) is 2.41. The number of carbonyl (C=O) groups is 2. The van der Waals surface area contributed by atoms with Gasteiger partial charge in [-0.1, -0.05) is 77.8 Å². The van der Waals surface area contributed by atoms with Gasteiger partial charge in [-0.15, -0.1) is 0 Å². The third-order valence-electron chi connectivity index (χ3n) is 6.66. The Bertz CT molecular complexity index is 1490. The fourth-order valence-corrected chi connectivity index (χ4v) is 6.16. The summed E-state index contributed by atoms with van der Waals surface area (Å²) in [6.07, 6.45) is 1.72. The van der Waals surface area contributed by atoms with Gasteiger partial charge in [0.05, 0.1) is 11.9 Å². The molecule has 0 aromatic heterocycles. The zero-order valence-corrected chi connectivity index (χ0v) is 27.1. The van der Waals surface area contributed by atoms with Gasteiger partial charge in [-0.05, 0) is 69.0 Å². The molecule has 1 N–H and O–H groups in total. The van der Waals surface area contributed by atoms with E-state index < -0.39 is 21.6 Å². The van der Waals surface area contributed by atoms with Gasteiger partial charge in [-0.2, -0.15) is 0 Å². The lowest BCUT2D eigenvalue weighted by molar-refractivity contribution is -0.142. The van der Waals surface area contributed by atoms with Crippen LogP contribution in [0.3, 0.4) is 0 Å². The second-order valence-corrected chi connectivity index (χ2v) is 14.2. The van der Waals surface area contributed by atoms with Crippen LogP contribution in [-0.4, -0.2) is 49.5 Å². The first kappa shape index (κ1) is 33.4. The maximum Gasteiger partial charge on any atom is 0.243 e. The van der Waals surface area contributed by atoms with Crippen molar-refractivity contribution < 1.29 is 18.0 Å². The summed E-state index contributed by atoms with van der Waals surface area (Å²) in [6, 6.07) is 20.9. The first-order chi connectivity index (χ1) is 19.7. The second-order valence-electron chi connectivity index (χ2n) is 11.4. The summed E-state index contributed by atoms with van der Waals surface area (Å²) < 4.78 is 26.7. The summed E-state index contributed by atoms with van der Waals surface area (Å²) in [4.78, 5) is 29.2. The van der Waals surface area contributed by atoms with Crippen LogP contribution in [0.1, 0.15) is 50.3 Å². The number of aryl methyl sites for hydroxylation is 1. The molecule has 0 aliphatic carbocycles. The van der Waals surface area contributed by atoms with Crippen LogP contribution in [0.2, 0.25) is 10.0 Å². The Labute approximate surface area is 259 Å². The molecule has 7 nitrogen and oxygen atoms in total. The molecule has 0 heterocycles. The number of hydrogen-bond donors (Lipinski definition) is 1. The molecule has 3 rings (SSSR count). The van der Waals surface area contributed by atoms with E-state index >= 15 is 0 Å². The largest absolute Gasteiger partial charge is 0.350 e. The van der Waals surface area contributed by atoms with Gasteiger partial charge in [-0.3, -0.25) is 13.9 Å². The summed E-state index contributed by atoms with van der Waals surface area (Å²) >= 11 is 12.6. The number of sulfonamides is 1. The molecule has 3 aromatic rings. The van der Waals surface area contributed by atoms with E-state index in [-0.39, 0.29) is 37.7 Å². The molecule has 0 fully saturated rings. The lowest BCUT2D eigenvalue weighted by Crippen LogP contribution is -2.54. The molecule has 1 atom stereocenters. The number of nitrogens with one attached hydrogen (secondary N) is 1. The molecule has 0 saturated carbocycles. The van der Waals surface area contributed by atoms with E-state index in [9.17, 15) is 18.0 Å². The highest BCUT2D eigenvalue weighted by molar-refractivity contribution is 7.92. The van der Waals surface area contributed by atoms with E-state index in [1.807, 2.05) is 70.2 Å². The Morgan fingerprint density at radius 1 is 0.952 bits per heavy atom. The van der Waals surface area contributed by atoms with Crippen LogP contribution in [0.15, 0.2) is 72.8 Å². The van der Waals surface area contributed by atoms with Crippen molar-refractivity contribution in [2.24, 2.45) is 0 Å². The Balaban J connectivity index is 1.94. The van der Waals surface area contributed by atoms with Crippen LogP contribution in [0.25, 0.3) is 0 Å². The summed E-state index contributed by atoms with van der Waals surface area (Å²) in [7, 11) is -3.59. The van der Waals surface area contributed by atoms with Crippen molar-refractivity contribution in [2.75, 3.05) is 17.1 Å². The van der Waals surface area contributed by atoms with Gasteiger partial charge in [0.15, 0.2) is 0 Å². The predicted octanol–water partition coefficient (Wildman–Crippen LogP) is 6.40. The van der Waals surface area contributed by atoms with Gasteiger partial charge in [0.2, 0.25) is 21.8 Å². The summed E-state index contributed by atoms with van der Waals surface area (Å²) in [5.74, 6) is -0.577. The molecule has 0 aliphatic heterocycles. The fraction of sp³-hybridized carbons (Fsp3) is 0.375. The molecule has 0 saturated heterocycles. The average molecular weight is 633 g/mol. The van der Waals surface area contributed by atoms with Crippen molar-refractivity contribution in [1.29, 1.82) is 0 Å². The Hall–Kier alpha value is -3.07. The van der Waals surface area contributed by atoms with Gasteiger partial charge in [0.25, 0.3) is 0 Å². The molecular weight excluding hydrogens is 593 g/mol. The summed E-state index contributed by atoms with van der Waals surface area (Å²) in [6.45, 7) is 7.70. The maximum atomic E-state index is 14.0. The summed E-state index contributed by atoms with van der Waals surface area (Å²) in [5, 5.41) is 3.88. The van der Waals surface area contributed by atoms with Crippen LogP contribution in [0.5, 0.6) is 0 Å². The number of carbonyl (C=O) groups excluding carboxylic acids is 2. The maximum absolute atomic E-state index is 14.0. The van der Waals surface area contributed by atoms with Crippen molar-refractivity contribution in [3.8, 4) is 0 Å². The third-order valence-corrected chi connectivity index (χ3v) is 8.43. The monoisotopic (exact) mass is 631 g/mol.